The Morgan fingerprint density at radius 1 is 0.794 bits per heavy atom. The zero-order valence-corrected chi connectivity index (χ0v) is 20.0. The lowest BCUT2D eigenvalue weighted by atomic mass is 9.80. The third-order valence-corrected chi connectivity index (χ3v) is 7.15. The van der Waals surface area contributed by atoms with Crippen LogP contribution in [0.5, 0.6) is 5.75 Å². The molecular weight excluding hydrogens is 433 g/mol. The SMILES string of the molecule is CCCC1CCC(COc2ccc(-c3ccc(-c4ccc(C)c(C(F)F)c4F)cc3)cc2)CC1. The summed E-state index contributed by atoms with van der Waals surface area (Å²) in [6.07, 6.45) is 4.97. The highest BCUT2D eigenvalue weighted by Crippen LogP contribution is 2.34. The van der Waals surface area contributed by atoms with Gasteiger partial charge in [-0.2, -0.15) is 0 Å². The standard InChI is InChI=1S/C30H33F3O/c1-3-4-21-6-8-22(9-7-21)19-34-26-16-14-24(15-17-26)23-10-12-25(13-11-23)27-18-5-20(2)28(29(27)31)30(32)33/h5,10-18,21-22,30H,3-4,6-9,19H2,1-2H3. The van der Waals surface area contributed by atoms with Crippen molar-refractivity contribution in [3.63, 3.8) is 0 Å². The van der Waals surface area contributed by atoms with E-state index in [0.717, 1.165) is 29.4 Å². The number of benzene rings is 3. The Bertz CT molecular complexity index is 1070. The van der Waals surface area contributed by atoms with Gasteiger partial charge in [0.2, 0.25) is 0 Å². The van der Waals surface area contributed by atoms with Gasteiger partial charge in [0.15, 0.2) is 0 Å². The number of hydrogen-bond acceptors (Lipinski definition) is 1. The van der Waals surface area contributed by atoms with Gasteiger partial charge in [-0.3, -0.25) is 0 Å². The van der Waals surface area contributed by atoms with E-state index in [9.17, 15) is 13.2 Å². The van der Waals surface area contributed by atoms with E-state index in [1.54, 1.807) is 24.3 Å². The normalized spacial score (nSPS) is 18.3. The molecule has 4 rings (SSSR count). The van der Waals surface area contributed by atoms with E-state index in [2.05, 4.69) is 6.92 Å². The van der Waals surface area contributed by atoms with Gasteiger partial charge in [0.25, 0.3) is 6.43 Å². The largest absolute Gasteiger partial charge is 0.493 e. The molecule has 0 N–H and O–H groups in total. The van der Waals surface area contributed by atoms with E-state index in [-0.39, 0.29) is 11.1 Å². The minimum atomic E-state index is -2.84. The van der Waals surface area contributed by atoms with Gasteiger partial charge in [-0.25, -0.2) is 13.2 Å². The Balaban J connectivity index is 1.38. The monoisotopic (exact) mass is 466 g/mol. The van der Waals surface area contributed by atoms with Crippen molar-refractivity contribution in [1.29, 1.82) is 0 Å². The molecule has 1 aliphatic rings. The Morgan fingerprint density at radius 3 is 1.94 bits per heavy atom. The summed E-state index contributed by atoms with van der Waals surface area (Å²) in [6, 6.07) is 18.4. The summed E-state index contributed by atoms with van der Waals surface area (Å²) in [5, 5.41) is 0. The maximum atomic E-state index is 14.7. The Kier molecular flexibility index (Phi) is 7.97. The van der Waals surface area contributed by atoms with Crippen LogP contribution in [0.3, 0.4) is 0 Å². The van der Waals surface area contributed by atoms with E-state index < -0.39 is 17.8 Å². The number of ether oxygens (including phenoxy) is 1. The van der Waals surface area contributed by atoms with E-state index in [0.29, 0.717) is 11.5 Å². The van der Waals surface area contributed by atoms with Gasteiger partial charge in [0, 0.05) is 5.56 Å². The molecule has 0 saturated heterocycles. The summed E-state index contributed by atoms with van der Waals surface area (Å²) in [5.41, 5.74) is 2.52. The fourth-order valence-corrected chi connectivity index (χ4v) is 5.08. The van der Waals surface area contributed by atoms with Crippen molar-refractivity contribution in [3.8, 4) is 28.0 Å². The van der Waals surface area contributed by atoms with Crippen molar-refractivity contribution in [2.45, 2.75) is 58.8 Å². The molecule has 34 heavy (non-hydrogen) atoms. The average Bonchev–Trinajstić information content (AvgIpc) is 2.84. The van der Waals surface area contributed by atoms with Crippen LogP contribution in [0, 0.1) is 24.6 Å². The van der Waals surface area contributed by atoms with Crippen molar-refractivity contribution in [1.82, 2.24) is 0 Å². The molecule has 3 aromatic rings. The van der Waals surface area contributed by atoms with Crippen LogP contribution in [-0.2, 0) is 0 Å². The molecule has 1 saturated carbocycles. The van der Waals surface area contributed by atoms with Crippen LogP contribution in [0.25, 0.3) is 22.3 Å². The number of halogens is 3. The minimum Gasteiger partial charge on any atom is -0.493 e. The summed E-state index contributed by atoms with van der Waals surface area (Å²) in [4.78, 5) is 0. The molecule has 0 spiro atoms. The van der Waals surface area contributed by atoms with E-state index in [1.807, 2.05) is 36.4 Å². The lowest BCUT2D eigenvalue weighted by Gasteiger charge is -2.28. The number of aryl methyl sites for hydroxylation is 1. The first-order chi connectivity index (χ1) is 16.5. The van der Waals surface area contributed by atoms with Crippen LogP contribution in [0.15, 0.2) is 60.7 Å². The van der Waals surface area contributed by atoms with Crippen molar-refractivity contribution < 1.29 is 17.9 Å². The molecule has 0 unspecified atom stereocenters. The molecule has 0 aliphatic heterocycles. The first kappa shape index (κ1) is 24.4. The second-order valence-corrected chi connectivity index (χ2v) is 9.55. The van der Waals surface area contributed by atoms with Crippen LogP contribution in [-0.4, -0.2) is 6.61 Å². The Hall–Kier alpha value is -2.75. The minimum absolute atomic E-state index is 0.194. The number of alkyl halides is 2. The van der Waals surface area contributed by atoms with E-state index >= 15 is 0 Å². The van der Waals surface area contributed by atoms with E-state index in [1.165, 1.54) is 45.4 Å². The van der Waals surface area contributed by atoms with Crippen LogP contribution in [0.2, 0.25) is 0 Å². The smallest absolute Gasteiger partial charge is 0.266 e. The first-order valence-electron chi connectivity index (χ1n) is 12.4. The van der Waals surface area contributed by atoms with E-state index in [4.69, 9.17) is 4.74 Å². The molecule has 0 heterocycles. The van der Waals surface area contributed by atoms with Gasteiger partial charge in [-0.15, -0.1) is 0 Å². The summed E-state index contributed by atoms with van der Waals surface area (Å²) >= 11 is 0. The topological polar surface area (TPSA) is 9.23 Å². The van der Waals surface area contributed by atoms with Crippen LogP contribution in [0.1, 0.15) is 63.0 Å². The number of rotatable bonds is 8. The lowest BCUT2D eigenvalue weighted by Crippen LogP contribution is -2.20. The molecule has 4 heteroatoms. The molecule has 0 aromatic heterocycles. The van der Waals surface area contributed by atoms with Crippen molar-refractivity contribution in [2.24, 2.45) is 11.8 Å². The van der Waals surface area contributed by atoms with Gasteiger partial charge in [0.1, 0.15) is 11.6 Å². The summed E-state index contributed by atoms with van der Waals surface area (Å²) in [6.45, 7) is 4.54. The third-order valence-electron chi connectivity index (χ3n) is 7.15. The highest BCUT2D eigenvalue weighted by atomic mass is 19.3. The predicted molar refractivity (Wildman–Crippen MR) is 133 cm³/mol. The summed E-state index contributed by atoms with van der Waals surface area (Å²) < 4.78 is 47.3. The Morgan fingerprint density at radius 2 is 1.35 bits per heavy atom. The van der Waals surface area contributed by atoms with Gasteiger partial charge in [-0.1, -0.05) is 81.1 Å². The maximum absolute atomic E-state index is 14.7. The van der Waals surface area contributed by atoms with Gasteiger partial charge >= 0.3 is 0 Å². The summed E-state index contributed by atoms with van der Waals surface area (Å²) in [7, 11) is 0. The van der Waals surface area contributed by atoms with Crippen molar-refractivity contribution >= 4 is 0 Å². The quantitative estimate of drug-likeness (QED) is 0.321. The zero-order chi connectivity index (χ0) is 24.1. The van der Waals surface area contributed by atoms with Crippen LogP contribution < -0.4 is 4.74 Å². The lowest BCUT2D eigenvalue weighted by molar-refractivity contribution is 0.145. The molecule has 0 radical (unpaired) electrons. The fourth-order valence-electron chi connectivity index (χ4n) is 5.08. The van der Waals surface area contributed by atoms with Gasteiger partial charge < -0.3 is 4.74 Å². The second kappa shape index (κ2) is 11.1. The second-order valence-electron chi connectivity index (χ2n) is 9.55. The van der Waals surface area contributed by atoms with Gasteiger partial charge in [-0.05, 0) is 66.0 Å². The third kappa shape index (κ3) is 5.65. The molecule has 3 aromatic carbocycles. The molecule has 1 nitrogen and oxygen atoms in total. The number of hydrogen-bond donors (Lipinski definition) is 0. The average molecular weight is 467 g/mol. The maximum Gasteiger partial charge on any atom is 0.266 e. The molecule has 0 amide bonds. The molecule has 1 aliphatic carbocycles. The van der Waals surface area contributed by atoms with Crippen molar-refractivity contribution in [3.05, 3.63) is 77.6 Å². The molecule has 0 bridgehead atoms. The fraction of sp³-hybridized carbons (Fsp3) is 0.400. The highest BCUT2D eigenvalue weighted by Gasteiger charge is 2.21. The molecule has 0 atom stereocenters. The van der Waals surface area contributed by atoms with Gasteiger partial charge in [0.05, 0.1) is 12.2 Å². The zero-order valence-electron chi connectivity index (χ0n) is 20.0. The van der Waals surface area contributed by atoms with Crippen LogP contribution in [0.4, 0.5) is 13.2 Å². The predicted octanol–water partition coefficient (Wildman–Crippen LogP) is 9.39. The molecule has 180 valence electrons. The Labute approximate surface area is 201 Å². The van der Waals surface area contributed by atoms with Crippen LogP contribution >= 0.6 is 0 Å². The highest BCUT2D eigenvalue weighted by molar-refractivity contribution is 5.71. The summed E-state index contributed by atoms with van der Waals surface area (Å²) in [5.74, 6) is 1.58. The molecule has 1 fully saturated rings. The molecular formula is C30H33F3O. The first-order valence-corrected chi connectivity index (χ1v) is 12.4. The van der Waals surface area contributed by atoms with Crippen molar-refractivity contribution in [2.75, 3.05) is 6.61 Å².